The lowest BCUT2D eigenvalue weighted by molar-refractivity contribution is 0.0933. The van der Waals surface area contributed by atoms with Crippen molar-refractivity contribution in [3.8, 4) is 0 Å². The summed E-state index contributed by atoms with van der Waals surface area (Å²) >= 11 is 6.20. The highest BCUT2D eigenvalue weighted by atomic mass is 35.5. The predicted molar refractivity (Wildman–Crippen MR) is 81.2 cm³/mol. The second kappa shape index (κ2) is 4.85. The van der Waals surface area contributed by atoms with Gasteiger partial charge >= 0.3 is 0 Å². The number of hydrogen-bond donors (Lipinski definition) is 0. The summed E-state index contributed by atoms with van der Waals surface area (Å²) in [5.74, 6) is 0.142. The number of ketones is 1. The molecule has 1 aliphatic carbocycles. The van der Waals surface area contributed by atoms with Gasteiger partial charge in [0.2, 0.25) is 0 Å². The molecular weight excluding hydrogens is 274 g/mol. The van der Waals surface area contributed by atoms with Crippen molar-refractivity contribution in [2.24, 2.45) is 16.7 Å². The average Bonchev–Trinajstić information content (AvgIpc) is 2.59. The summed E-state index contributed by atoms with van der Waals surface area (Å²) < 4.78 is 1.75. The minimum atomic E-state index is 0.0160. The number of rotatable bonds is 5. The lowest BCUT2D eigenvalue weighted by Crippen LogP contribution is -2.22. The van der Waals surface area contributed by atoms with E-state index >= 15 is 0 Å². The molecule has 0 radical (unpaired) electrons. The first-order valence-electron chi connectivity index (χ1n) is 7.01. The van der Waals surface area contributed by atoms with E-state index in [1.54, 1.807) is 10.9 Å². The molecule has 0 aliphatic heterocycles. The zero-order valence-corrected chi connectivity index (χ0v) is 14.0. The second-order valence-electron chi connectivity index (χ2n) is 7.11. The first-order chi connectivity index (χ1) is 9.10. The van der Waals surface area contributed by atoms with E-state index < -0.39 is 0 Å². The topological polar surface area (TPSA) is 38.1 Å². The van der Waals surface area contributed by atoms with Gasteiger partial charge in [-0.2, -0.15) is 5.10 Å². The molecule has 0 N–H and O–H groups in total. The molecule has 0 aromatic carbocycles. The number of nitrogens with zero attached hydrogens (tertiary/aromatic N) is 3. The van der Waals surface area contributed by atoms with Gasteiger partial charge in [-0.05, 0) is 24.9 Å². The fourth-order valence-corrected chi connectivity index (χ4v) is 3.29. The third-order valence-corrected chi connectivity index (χ3v) is 5.35. The summed E-state index contributed by atoms with van der Waals surface area (Å²) in [4.78, 5) is 14.9. The van der Waals surface area contributed by atoms with Gasteiger partial charge in [0.15, 0.2) is 5.78 Å². The van der Waals surface area contributed by atoms with Crippen LogP contribution in [0.5, 0.6) is 0 Å². The summed E-state index contributed by atoms with van der Waals surface area (Å²) in [6, 6.07) is 0. The van der Waals surface area contributed by atoms with Crippen molar-refractivity contribution in [2.75, 3.05) is 20.6 Å². The van der Waals surface area contributed by atoms with Gasteiger partial charge in [-0.25, -0.2) is 0 Å². The molecule has 1 aromatic heterocycles. The van der Waals surface area contributed by atoms with Crippen molar-refractivity contribution < 1.29 is 4.79 Å². The van der Waals surface area contributed by atoms with Gasteiger partial charge in [0.05, 0.1) is 17.8 Å². The van der Waals surface area contributed by atoms with Crippen LogP contribution in [0.2, 0.25) is 5.02 Å². The molecule has 5 heteroatoms. The maximum absolute atomic E-state index is 12.8. The number of likely N-dealkylation sites (N-methyl/N-ethyl adjacent to an activating group) is 1. The van der Waals surface area contributed by atoms with E-state index in [4.69, 9.17) is 11.6 Å². The first kappa shape index (κ1) is 15.5. The van der Waals surface area contributed by atoms with Crippen LogP contribution in [0.4, 0.5) is 0 Å². The summed E-state index contributed by atoms with van der Waals surface area (Å²) in [7, 11) is 4.00. The zero-order valence-electron chi connectivity index (χ0n) is 13.2. The van der Waals surface area contributed by atoms with Crippen LogP contribution in [-0.4, -0.2) is 41.1 Å². The van der Waals surface area contributed by atoms with Crippen molar-refractivity contribution in [3.63, 3.8) is 0 Å². The van der Waals surface area contributed by atoms with Crippen LogP contribution in [-0.2, 0) is 6.54 Å². The maximum atomic E-state index is 12.8. The molecule has 0 atom stereocenters. The quantitative estimate of drug-likeness (QED) is 0.784. The third kappa shape index (κ3) is 2.29. The first-order valence-corrected chi connectivity index (χ1v) is 7.38. The van der Waals surface area contributed by atoms with Gasteiger partial charge in [0, 0.05) is 12.5 Å². The van der Waals surface area contributed by atoms with Gasteiger partial charge < -0.3 is 4.90 Å². The molecule has 2 rings (SSSR count). The Labute approximate surface area is 126 Å². The second-order valence-corrected chi connectivity index (χ2v) is 7.52. The van der Waals surface area contributed by atoms with Crippen molar-refractivity contribution in [1.29, 1.82) is 0 Å². The number of Topliss-reactive ketones (excluding diaryl/α,β-unsaturated/α-hetero) is 1. The standard InChI is InChI=1S/C15H24ClN3O/c1-14(2)13(15(14,3)4)12(20)11-10(16)9-17-19(11)8-7-18(5)6/h9,13H,7-8H2,1-6H3. The fourth-order valence-electron chi connectivity index (χ4n) is 3.06. The molecule has 1 aromatic rings. The minimum Gasteiger partial charge on any atom is -0.308 e. The highest BCUT2D eigenvalue weighted by Gasteiger charge is 2.68. The summed E-state index contributed by atoms with van der Waals surface area (Å²) in [5.41, 5.74) is 0.603. The van der Waals surface area contributed by atoms with Crippen LogP contribution in [0.1, 0.15) is 38.2 Å². The van der Waals surface area contributed by atoms with Crippen molar-refractivity contribution in [2.45, 2.75) is 34.2 Å². The van der Waals surface area contributed by atoms with Crippen molar-refractivity contribution in [3.05, 3.63) is 16.9 Å². The molecule has 112 valence electrons. The van der Waals surface area contributed by atoms with Crippen LogP contribution in [0.3, 0.4) is 0 Å². The molecule has 0 saturated heterocycles. The number of carbonyl (C=O) groups is 1. The molecule has 0 unspecified atom stereocenters. The third-order valence-electron chi connectivity index (χ3n) is 5.07. The monoisotopic (exact) mass is 297 g/mol. The number of carbonyl (C=O) groups excluding carboxylic acids is 1. The molecule has 0 amide bonds. The molecule has 1 aliphatic rings. The lowest BCUT2D eigenvalue weighted by atomic mass is 10.0. The van der Waals surface area contributed by atoms with Crippen LogP contribution in [0, 0.1) is 16.7 Å². The van der Waals surface area contributed by atoms with Gasteiger partial charge in [-0.15, -0.1) is 0 Å². The Hall–Kier alpha value is -0.870. The van der Waals surface area contributed by atoms with E-state index in [0.717, 1.165) is 6.54 Å². The SMILES string of the molecule is CN(C)CCn1ncc(Cl)c1C(=O)C1C(C)(C)C1(C)C. The molecular formula is C15H24ClN3O. The van der Waals surface area contributed by atoms with E-state index in [-0.39, 0.29) is 22.5 Å². The molecule has 0 spiro atoms. The van der Waals surface area contributed by atoms with Crippen LogP contribution in [0.25, 0.3) is 0 Å². The lowest BCUT2D eigenvalue weighted by Gasteiger charge is -2.12. The Kier molecular flexibility index (Phi) is 3.76. The largest absolute Gasteiger partial charge is 0.308 e. The van der Waals surface area contributed by atoms with Gasteiger partial charge in [-0.1, -0.05) is 39.3 Å². The number of hydrogen-bond acceptors (Lipinski definition) is 3. The molecule has 20 heavy (non-hydrogen) atoms. The number of halogens is 1. The summed E-state index contributed by atoms with van der Waals surface area (Å²) in [5, 5.41) is 4.72. The smallest absolute Gasteiger partial charge is 0.186 e. The van der Waals surface area contributed by atoms with Gasteiger partial charge in [-0.3, -0.25) is 9.48 Å². The van der Waals surface area contributed by atoms with Crippen LogP contribution in [0.15, 0.2) is 6.20 Å². The molecule has 4 nitrogen and oxygen atoms in total. The van der Waals surface area contributed by atoms with Crippen LogP contribution < -0.4 is 0 Å². The molecule has 1 fully saturated rings. The Morgan fingerprint density at radius 1 is 1.35 bits per heavy atom. The highest BCUT2D eigenvalue weighted by Crippen LogP contribution is 2.69. The maximum Gasteiger partial charge on any atom is 0.186 e. The Balaban J connectivity index is 2.25. The van der Waals surface area contributed by atoms with E-state index in [2.05, 4.69) is 37.7 Å². The van der Waals surface area contributed by atoms with Gasteiger partial charge in [0.1, 0.15) is 5.69 Å². The van der Waals surface area contributed by atoms with Crippen molar-refractivity contribution in [1.82, 2.24) is 14.7 Å². The van der Waals surface area contributed by atoms with E-state index in [1.165, 1.54) is 0 Å². The Morgan fingerprint density at radius 3 is 2.35 bits per heavy atom. The normalized spacial score (nSPS) is 20.4. The fraction of sp³-hybridized carbons (Fsp3) is 0.733. The minimum absolute atomic E-state index is 0.0160. The van der Waals surface area contributed by atoms with E-state index in [0.29, 0.717) is 17.3 Å². The molecule has 0 bridgehead atoms. The highest BCUT2D eigenvalue weighted by molar-refractivity contribution is 6.33. The van der Waals surface area contributed by atoms with E-state index in [1.807, 2.05) is 14.1 Å². The Morgan fingerprint density at radius 2 is 1.90 bits per heavy atom. The molecule has 1 saturated carbocycles. The Bertz CT molecular complexity index is 517. The zero-order chi connectivity index (χ0) is 15.3. The van der Waals surface area contributed by atoms with E-state index in [9.17, 15) is 4.79 Å². The average molecular weight is 298 g/mol. The summed E-state index contributed by atoms with van der Waals surface area (Å²) in [6.45, 7) is 10.1. The van der Waals surface area contributed by atoms with Gasteiger partial charge in [0.25, 0.3) is 0 Å². The molecule has 1 heterocycles. The summed E-state index contributed by atoms with van der Waals surface area (Å²) in [6.07, 6.45) is 1.58. The predicted octanol–water partition coefficient (Wildman–Crippen LogP) is 2.96. The number of aromatic nitrogens is 2. The van der Waals surface area contributed by atoms with Crippen LogP contribution >= 0.6 is 11.6 Å². The van der Waals surface area contributed by atoms with Crippen molar-refractivity contribution >= 4 is 17.4 Å².